The monoisotopic (exact) mass is 408 g/mol. The molecular weight excluding hydrogens is 384 g/mol. The first-order chi connectivity index (χ1) is 14.3. The predicted octanol–water partition coefficient (Wildman–Crippen LogP) is 1.96. The summed E-state index contributed by atoms with van der Waals surface area (Å²) < 4.78 is 0. The van der Waals surface area contributed by atoms with Crippen LogP contribution < -0.4 is 16.0 Å². The molecule has 1 saturated heterocycles. The fourth-order valence-corrected chi connectivity index (χ4v) is 3.30. The fourth-order valence-electron chi connectivity index (χ4n) is 3.30. The van der Waals surface area contributed by atoms with Gasteiger partial charge in [0.2, 0.25) is 5.91 Å². The minimum Gasteiger partial charge on any atom is -0.338 e. The summed E-state index contributed by atoms with van der Waals surface area (Å²) in [6, 6.07) is 16.3. The van der Waals surface area contributed by atoms with Crippen molar-refractivity contribution in [1.82, 2.24) is 20.9 Å². The summed E-state index contributed by atoms with van der Waals surface area (Å²) in [4.78, 5) is 51.1. The lowest BCUT2D eigenvalue weighted by molar-refractivity contribution is -0.134. The summed E-state index contributed by atoms with van der Waals surface area (Å²) in [5.74, 6) is -1.12. The molecule has 0 saturated carbocycles. The molecule has 3 N–H and O–H groups in total. The normalized spacial score (nSPS) is 15.1. The second kappa shape index (κ2) is 8.77. The molecule has 0 spiro atoms. The average Bonchev–Trinajstić information content (AvgIpc) is 2.99. The maximum atomic E-state index is 13.4. The quantitative estimate of drug-likeness (QED) is 0.635. The number of benzene rings is 2. The van der Waals surface area contributed by atoms with E-state index in [0.717, 1.165) is 4.90 Å². The van der Waals surface area contributed by atoms with Crippen molar-refractivity contribution in [3.05, 3.63) is 71.8 Å². The molecule has 8 heteroatoms. The van der Waals surface area contributed by atoms with Gasteiger partial charge in [-0.05, 0) is 17.0 Å². The van der Waals surface area contributed by atoms with Gasteiger partial charge in [0.1, 0.15) is 6.54 Å². The lowest BCUT2D eigenvalue weighted by Crippen LogP contribution is -2.48. The van der Waals surface area contributed by atoms with Crippen LogP contribution in [-0.4, -0.2) is 41.9 Å². The molecule has 0 radical (unpaired) electrons. The number of nitrogens with zero attached hydrogens (tertiary/aromatic N) is 1. The maximum absolute atomic E-state index is 13.4. The lowest BCUT2D eigenvalue weighted by Gasteiger charge is -2.27. The molecule has 1 heterocycles. The highest BCUT2D eigenvalue weighted by molar-refractivity contribution is 6.12. The van der Waals surface area contributed by atoms with E-state index >= 15 is 0 Å². The Kier molecular flexibility index (Phi) is 6.15. The van der Waals surface area contributed by atoms with E-state index in [-0.39, 0.29) is 5.92 Å². The Labute approximate surface area is 174 Å². The number of amides is 6. The molecule has 2 aromatic carbocycles. The Morgan fingerprint density at radius 2 is 1.50 bits per heavy atom. The second-order valence-corrected chi connectivity index (χ2v) is 7.46. The van der Waals surface area contributed by atoms with E-state index < -0.39 is 36.0 Å². The van der Waals surface area contributed by atoms with Crippen molar-refractivity contribution in [3.8, 4) is 0 Å². The van der Waals surface area contributed by atoms with Gasteiger partial charge in [-0.15, -0.1) is 0 Å². The smallest absolute Gasteiger partial charge is 0.326 e. The van der Waals surface area contributed by atoms with Crippen LogP contribution in [0.3, 0.4) is 0 Å². The fraction of sp³-hybridized carbons (Fsp3) is 0.273. The zero-order valence-corrected chi connectivity index (χ0v) is 16.8. The minimum atomic E-state index is -1.44. The highest BCUT2D eigenvalue weighted by Gasteiger charge is 2.54. The van der Waals surface area contributed by atoms with Crippen LogP contribution in [-0.2, 0) is 15.1 Å². The molecule has 3 rings (SSSR count). The average molecular weight is 408 g/mol. The van der Waals surface area contributed by atoms with Crippen molar-refractivity contribution in [2.45, 2.75) is 19.4 Å². The predicted molar refractivity (Wildman–Crippen MR) is 110 cm³/mol. The minimum absolute atomic E-state index is 0.217. The number of rotatable bonds is 6. The van der Waals surface area contributed by atoms with E-state index in [0.29, 0.717) is 17.7 Å². The van der Waals surface area contributed by atoms with Gasteiger partial charge in [0, 0.05) is 6.54 Å². The van der Waals surface area contributed by atoms with E-state index in [4.69, 9.17) is 0 Å². The number of carbonyl (C=O) groups excluding carboxylic acids is 4. The van der Waals surface area contributed by atoms with Crippen LogP contribution in [0.2, 0.25) is 0 Å². The van der Waals surface area contributed by atoms with Crippen molar-refractivity contribution >= 4 is 23.9 Å². The van der Waals surface area contributed by atoms with Gasteiger partial charge < -0.3 is 10.6 Å². The number of hydrogen-bond donors (Lipinski definition) is 3. The van der Waals surface area contributed by atoms with Crippen LogP contribution in [0.1, 0.15) is 25.0 Å². The molecule has 0 aliphatic carbocycles. The molecule has 1 aliphatic rings. The summed E-state index contributed by atoms with van der Waals surface area (Å²) in [5.41, 5.74) is -0.293. The van der Waals surface area contributed by atoms with Crippen molar-refractivity contribution in [1.29, 1.82) is 0 Å². The molecule has 30 heavy (non-hydrogen) atoms. The lowest BCUT2D eigenvalue weighted by atomic mass is 9.82. The molecule has 0 bridgehead atoms. The first-order valence-corrected chi connectivity index (χ1v) is 9.67. The van der Waals surface area contributed by atoms with Gasteiger partial charge in [-0.1, -0.05) is 74.5 Å². The van der Waals surface area contributed by atoms with Crippen LogP contribution in [0.15, 0.2) is 60.7 Å². The van der Waals surface area contributed by atoms with Gasteiger partial charge in [-0.2, -0.15) is 0 Å². The van der Waals surface area contributed by atoms with Gasteiger partial charge in [0.05, 0.1) is 0 Å². The van der Waals surface area contributed by atoms with Crippen LogP contribution >= 0.6 is 0 Å². The molecule has 0 aromatic heterocycles. The first-order valence-electron chi connectivity index (χ1n) is 9.67. The Morgan fingerprint density at radius 1 is 0.967 bits per heavy atom. The largest absolute Gasteiger partial charge is 0.338 e. The van der Waals surface area contributed by atoms with Crippen LogP contribution in [0, 0.1) is 5.92 Å². The summed E-state index contributed by atoms with van der Waals surface area (Å²) in [6.07, 6.45) is 0. The number of hydrogen-bond acceptors (Lipinski definition) is 4. The van der Waals surface area contributed by atoms with Gasteiger partial charge in [0.25, 0.3) is 5.91 Å². The molecule has 0 atom stereocenters. The van der Waals surface area contributed by atoms with Crippen molar-refractivity contribution in [2.75, 3.05) is 13.1 Å². The Balaban J connectivity index is 1.84. The molecule has 6 amide bonds. The highest BCUT2D eigenvalue weighted by atomic mass is 16.2. The van der Waals surface area contributed by atoms with E-state index in [9.17, 15) is 19.2 Å². The zero-order valence-electron chi connectivity index (χ0n) is 16.8. The van der Waals surface area contributed by atoms with Crippen LogP contribution in [0.4, 0.5) is 9.59 Å². The van der Waals surface area contributed by atoms with Crippen molar-refractivity contribution < 1.29 is 19.2 Å². The topological polar surface area (TPSA) is 108 Å². The maximum Gasteiger partial charge on any atom is 0.326 e. The SMILES string of the molecule is CC(C)CNC(=O)NC(=O)CN1C(=O)NC(c2ccccc2)(c2ccccc2)C1=O. The summed E-state index contributed by atoms with van der Waals surface area (Å²) >= 11 is 0. The summed E-state index contributed by atoms with van der Waals surface area (Å²) in [6.45, 7) is 3.67. The number of nitrogens with one attached hydrogen (secondary N) is 3. The molecule has 0 unspecified atom stereocenters. The highest BCUT2D eigenvalue weighted by Crippen LogP contribution is 2.35. The van der Waals surface area contributed by atoms with Gasteiger partial charge in [0.15, 0.2) is 5.54 Å². The van der Waals surface area contributed by atoms with Gasteiger partial charge in [-0.25, -0.2) is 9.59 Å². The van der Waals surface area contributed by atoms with Gasteiger partial charge >= 0.3 is 12.1 Å². The molecule has 1 fully saturated rings. The molecule has 1 aliphatic heterocycles. The third-order valence-electron chi connectivity index (χ3n) is 4.74. The number of imide groups is 2. The van der Waals surface area contributed by atoms with Crippen LogP contribution in [0.5, 0.6) is 0 Å². The Bertz CT molecular complexity index is 905. The molecule has 2 aromatic rings. The van der Waals surface area contributed by atoms with E-state index in [1.54, 1.807) is 48.5 Å². The van der Waals surface area contributed by atoms with E-state index in [1.165, 1.54) is 0 Å². The van der Waals surface area contributed by atoms with Gasteiger partial charge in [-0.3, -0.25) is 19.8 Å². The number of urea groups is 2. The second-order valence-electron chi connectivity index (χ2n) is 7.46. The molecular formula is C22H24N4O4. The summed E-state index contributed by atoms with van der Waals surface area (Å²) in [5, 5.41) is 7.46. The summed E-state index contributed by atoms with van der Waals surface area (Å²) in [7, 11) is 0. The Morgan fingerprint density at radius 3 is 2.00 bits per heavy atom. The van der Waals surface area contributed by atoms with Crippen molar-refractivity contribution in [2.24, 2.45) is 5.92 Å². The molecule has 156 valence electrons. The standard InChI is InChI=1S/C22H24N4O4/c1-15(2)13-23-20(29)24-18(27)14-26-19(28)22(25-21(26)30,16-9-5-3-6-10-16)17-11-7-4-8-12-17/h3-12,15H,13-14H2,1-2H3,(H,25,30)(H2,23,24,27,29). The first kappa shape index (κ1) is 21.0. The third kappa shape index (κ3) is 4.17. The number of carbonyl (C=O) groups is 4. The van der Waals surface area contributed by atoms with Crippen LogP contribution in [0.25, 0.3) is 0 Å². The Hall–Kier alpha value is -3.68. The third-order valence-corrected chi connectivity index (χ3v) is 4.74. The van der Waals surface area contributed by atoms with E-state index in [1.807, 2.05) is 26.0 Å². The zero-order chi connectivity index (χ0) is 21.7. The van der Waals surface area contributed by atoms with Crippen molar-refractivity contribution in [3.63, 3.8) is 0 Å². The molecule has 8 nitrogen and oxygen atoms in total. The van der Waals surface area contributed by atoms with E-state index in [2.05, 4.69) is 16.0 Å².